The maximum absolute atomic E-state index is 11.8. The van der Waals surface area contributed by atoms with Gasteiger partial charge >= 0.3 is 0 Å². The van der Waals surface area contributed by atoms with Crippen LogP contribution in [0.15, 0.2) is 46.9 Å². The molecule has 1 aromatic heterocycles. The molecule has 0 fully saturated rings. The minimum Gasteiger partial charge on any atom is -0.484 e. The molecule has 1 amide bonds. The standard InChI is InChI=1S/C18H19NO3/c1-3-12(2)19-18(20)11-21-13-8-9-17-15(10-13)14-6-4-5-7-16(14)22-17/h4-10,12H,3,11H2,1-2H3,(H,19,20)/t12-/m1/s1. The molecule has 114 valence electrons. The summed E-state index contributed by atoms with van der Waals surface area (Å²) < 4.78 is 11.4. The predicted octanol–water partition coefficient (Wildman–Crippen LogP) is 3.88. The molecule has 2 aromatic carbocycles. The van der Waals surface area contributed by atoms with E-state index in [4.69, 9.17) is 9.15 Å². The predicted molar refractivity (Wildman–Crippen MR) is 87.1 cm³/mol. The van der Waals surface area contributed by atoms with Crippen molar-refractivity contribution >= 4 is 27.8 Å². The molecule has 3 rings (SSSR count). The zero-order valence-corrected chi connectivity index (χ0v) is 12.8. The van der Waals surface area contributed by atoms with Crippen LogP contribution in [-0.2, 0) is 4.79 Å². The third-order valence-electron chi connectivity index (χ3n) is 3.74. The Kier molecular flexibility index (Phi) is 4.00. The lowest BCUT2D eigenvalue weighted by Crippen LogP contribution is -2.35. The number of carbonyl (C=O) groups excluding carboxylic acids is 1. The maximum atomic E-state index is 11.8. The second-order valence-corrected chi connectivity index (χ2v) is 5.42. The van der Waals surface area contributed by atoms with Crippen LogP contribution in [0.4, 0.5) is 0 Å². The lowest BCUT2D eigenvalue weighted by atomic mass is 10.1. The highest BCUT2D eigenvalue weighted by Gasteiger charge is 2.09. The molecule has 0 aliphatic carbocycles. The molecule has 0 unspecified atom stereocenters. The van der Waals surface area contributed by atoms with Crippen LogP contribution in [0.5, 0.6) is 5.75 Å². The summed E-state index contributed by atoms with van der Waals surface area (Å²) >= 11 is 0. The second kappa shape index (κ2) is 6.10. The number of fused-ring (bicyclic) bond motifs is 3. The van der Waals surface area contributed by atoms with E-state index in [1.54, 1.807) is 0 Å². The number of carbonyl (C=O) groups is 1. The van der Waals surface area contributed by atoms with E-state index < -0.39 is 0 Å². The highest BCUT2D eigenvalue weighted by molar-refractivity contribution is 6.05. The molecule has 1 heterocycles. The fourth-order valence-corrected chi connectivity index (χ4v) is 2.36. The molecule has 22 heavy (non-hydrogen) atoms. The Morgan fingerprint density at radius 2 is 1.95 bits per heavy atom. The quantitative estimate of drug-likeness (QED) is 0.777. The molecule has 0 aliphatic heterocycles. The Balaban J connectivity index is 1.77. The van der Waals surface area contributed by atoms with Crippen LogP contribution in [0, 0.1) is 0 Å². The van der Waals surface area contributed by atoms with Crippen LogP contribution in [0.3, 0.4) is 0 Å². The summed E-state index contributed by atoms with van der Waals surface area (Å²) in [6.45, 7) is 4.02. The zero-order chi connectivity index (χ0) is 15.5. The number of nitrogens with one attached hydrogen (secondary N) is 1. The Morgan fingerprint density at radius 3 is 2.77 bits per heavy atom. The highest BCUT2D eigenvalue weighted by Crippen LogP contribution is 2.31. The molecular weight excluding hydrogens is 278 g/mol. The topological polar surface area (TPSA) is 51.5 Å². The first-order valence-electron chi connectivity index (χ1n) is 7.51. The minimum atomic E-state index is -0.105. The summed E-state index contributed by atoms with van der Waals surface area (Å²) in [4.78, 5) is 11.8. The van der Waals surface area contributed by atoms with Gasteiger partial charge in [0.15, 0.2) is 6.61 Å². The van der Waals surface area contributed by atoms with Crippen molar-refractivity contribution in [2.24, 2.45) is 0 Å². The normalized spacial score (nSPS) is 12.5. The lowest BCUT2D eigenvalue weighted by Gasteiger charge is -2.12. The Labute approximate surface area is 129 Å². The van der Waals surface area contributed by atoms with Gasteiger partial charge in [0, 0.05) is 16.8 Å². The number of para-hydroxylation sites is 1. The van der Waals surface area contributed by atoms with Gasteiger partial charge in [0.1, 0.15) is 16.9 Å². The first-order chi connectivity index (χ1) is 10.7. The smallest absolute Gasteiger partial charge is 0.258 e. The average Bonchev–Trinajstić information content (AvgIpc) is 2.90. The van der Waals surface area contributed by atoms with Crippen LogP contribution >= 0.6 is 0 Å². The molecule has 0 saturated carbocycles. The van der Waals surface area contributed by atoms with Crippen LogP contribution in [0.2, 0.25) is 0 Å². The van der Waals surface area contributed by atoms with Gasteiger partial charge in [0.05, 0.1) is 0 Å². The molecular formula is C18H19NO3. The molecule has 4 nitrogen and oxygen atoms in total. The number of benzene rings is 2. The van der Waals surface area contributed by atoms with Gasteiger partial charge in [-0.25, -0.2) is 0 Å². The lowest BCUT2D eigenvalue weighted by molar-refractivity contribution is -0.123. The summed E-state index contributed by atoms with van der Waals surface area (Å²) in [6.07, 6.45) is 0.901. The number of furan rings is 1. The van der Waals surface area contributed by atoms with E-state index >= 15 is 0 Å². The summed E-state index contributed by atoms with van der Waals surface area (Å²) in [5, 5.41) is 4.92. The number of amides is 1. The Bertz CT molecular complexity index is 806. The van der Waals surface area contributed by atoms with Crippen molar-refractivity contribution < 1.29 is 13.9 Å². The molecule has 1 atom stereocenters. The summed E-state index contributed by atoms with van der Waals surface area (Å²) in [5.74, 6) is 0.560. The molecule has 0 bridgehead atoms. The molecule has 0 saturated heterocycles. The maximum Gasteiger partial charge on any atom is 0.258 e. The van der Waals surface area contributed by atoms with Gasteiger partial charge in [-0.3, -0.25) is 4.79 Å². The Morgan fingerprint density at radius 1 is 1.18 bits per heavy atom. The van der Waals surface area contributed by atoms with Gasteiger partial charge in [-0.05, 0) is 37.6 Å². The first-order valence-corrected chi connectivity index (χ1v) is 7.51. The molecule has 4 heteroatoms. The monoisotopic (exact) mass is 297 g/mol. The van der Waals surface area contributed by atoms with Crippen LogP contribution in [0.25, 0.3) is 21.9 Å². The highest BCUT2D eigenvalue weighted by atomic mass is 16.5. The average molecular weight is 297 g/mol. The van der Waals surface area contributed by atoms with Gasteiger partial charge in [-0.15, -0.1) is 0 Å². The van der Waals surface area contributed by atoms with Crippen molar-refractivity contribution in [2.75, 3.05) is 6.61 Å². The fourth-order valence-electron chi connectivity index (χ4n) is 2.36. The van der Waals surface area contributed by atoms with Crippen molar-refractivity contribution in [3.8, 4) is 5.75 Å². The molecule has 0 radical (unpaired) electrons. The van der Waals surface area contributed by atoms with Crippen LogP contribution in [-0.4, -0.2) is 18.6 Å². The van der Waals surface area contributed by atoms with Crippen molar-refractivity contribution in [1.82, 2.24) is 5.32 Å². The largest absolute Gasteiger partial charge is 0.484 e. The molecule has 3 aromatic rings. The van der Waals surface area contributed by atoms with Gasteiger partial charge in [-0.2, -0.15) is 0 Å². The first kappa shape index (κ1) is 14.4. The zero-order valence-electron chi connectivity index (χ0n) is 12.8. The molecule has 1 N–H and O–H groups in total. The second-order valence-electron chi connectivity index (χ2n) is 5.42. The van der Waals surface area contributed by atoms with Gasteiger partial charge in [0.2, 0.25) is 0 Å². The molecule has 0 spiro atoms. The summed E-state index contributed by atoms with van der Waals surface area (Å²) in [5.41, 5.74) is 1.67. The number of ether oxygens (including phenoxy) is 1. The van der Waals surface area contributed by atoms with Crippen LogP contribution < -0.4 is 10.1 Å². The minimum absolute atomic E-state index is 0.0195. The van der Waals surface area contributed by atoms with Gasteiger partial charge in [-0.1, -0.05) is 25.1 Å². The number of hydrogen-bond donors (Lipinski definition) is 1. The van der Waals surface area contributed by atoms with Crippen LogP contribution in [0.1, 0.15) is 20.3 Å². The van der Waals surface area contributed by atoms with Crippen molar-refractivity contribution in [1.29, 1.82) is 0 Å². The van der Waals surface area contributed by atoms with Crippen molar-refractivity contribution in [3.05, 3.63) is 42.5 Å². The molecule has 0 aliphatic rings. The van der Waals surface area contributed by atoms with E-state index in [2.05, 4.69) is 5.32 Å². The van der Waals surface area contributed by atoms with E-state index in [0.29, 0.717) is 5.75 Å². The van der Waals surface area contributed by atoms with Gasteiger partial charge < -0.3 is 14.5 Å². The third kappa shape index (κ3) is 2.91. The van der Waals surface area contributed by atoms with E-state index in [1.165, 1.54) is 0 Å². The van der Waals surface area contributed by atoms with Crippen molar-refractivity contribution in [2.45, 2.75) is 26.3 Å². The van der Waals surface area contributed by atoms with Gasteiger partial charge in [0.25, 0.3) is 5.91 Å². The van der Waals surface area contributed by atoms with E-state index in [0.717, 1.165) is 28.4 Å². The fraction of sp³-hybridized carbons (Fsp3) is 0.278. The van der Waals surface area contributed by atoms with E-state index in [-0.39, 0.29) is 18.6 Å². The SMILES string of the molecule is CC[C@@H](C)NC(=O)COc1ccc2oc3ccccc3c2c1. The number of rotatable bonds is 5. The van der Waals surface area contributed by atoms with Crippen molar-refractivity contribution in [3.63, 3.8) is 0 Å². The summed E-state index contributed by atoms with van der Waals surface area (Å²) in [6, 6.07) is 13.6. The van der Waals surface area contributed by atoms with E-state index in [1.807, 2.05) is 56.3 Å². The third-order valence-corrected chi connectivity index (χ3v) is 3.74. The number of hydrogen-bond acceptors (Lipinski definition) is 3. The summed E-state index contributed by atoms with van der Waals surface area (Å²) in [7, 11) is 0. The Hall–Kier alpha value is -2.49. The van der Waals surface area contributed by atoms with E-state index in [9.17, 15) is 4.79 Å².